The van der Waals surface area contributed by atoms with Gasteiger partial charge < -0.3 is 9.47 Å². The van der Waals surface area contributed by atoms with Gasteiger partial charge in [-0.25, -0.2) is 4.98 Å². The zero-order valence-corrected chi connectivity index (χ0v) is 8.35. The number of piperidine rings is 1. The summed E-state index contributed by atoms with van der Waals surface area (Å²) in [5, 5.41) is 8.86. The van der Waals surface area contributed by atoms with Gasteiger partial charge in [0.15, 0.2) is 0 Å². The number of likely N-dealkylation sites (N-methyl/N-ethyl adjacent to an activating group) is 1. The molecule has 0 aliphatic carbocycles. The van der Waals surface area contributed by atoms with Gasteiger partial charge >= 0.3 is 0 Å². The van der Waals surface area contributed by atoms with Crippen LogP contribution in [-0.4, -0.2) is 34.6 Å². The van der Waals surface area contributed by atoms with E-state index >= 15 is 0 Å². The largest absolute Gasteiger partial charge is 0.318 e. The van der Waals surface area contributed by atoms with Crippen LogP contribution in [0, 0.1) is 11.3 Å². The number of likely N-dealkylation sites (tertiary alicyclic amines) is 1. The molecule has 2 heterocycles. The molecule has 0 radical (unpaired) electrons. The van der Waals surface area contributed by atoms with Crippen molar-refractivity contribution in [3.8, 4) is 6.07 Å². The van der Waals surface area contributed by atoms with Crippen LogP contribution >= 0.6 is 0 Å². The Morgan fingerprint density at radius 3 is 3.21 bits per heavy atom. The van der Waals surface area contributed by atoms with E-state index in [1.807, 2.05) is 10.8 Å². The summed E-state index contributed by atoms with van der Waals surface area (Å²) in [5.41, 5.74) is 0. The minimum atomic E-state index is 0.422. The zero-order chi connectivity index (χ0) is 9.97. The highest BCUT2D eigenvalue weighted by Gasteiger charge is 2.20. The standard InChI is InChI=1S/C10H14N4/c1-13-5-2-3-9(8-13)14-6-4-12-10(14)7-11/h4,6,9H,2-3,5,8H2,1H3. The molecule has 1 aromatic rings. The van der Waals surface area contributed by atoms with Crippen molar-refractivity contribution < 1.29 is 0 Å². The molecular formula is C10H14N4. The number of imidazole rings is 1. The van der Waals surface area contributed by atoms with Crippen LogP contribution in [0.15, 0.2) is 12.4 Å². The SMILES string of the molecule is CN1CCCC(n2ccnc2C#N)C1. The highest BCUT2D eigenvalue weighted by Crippen LogP contribution is 2.21. The number of rotatable bonds is 1. The van der Waals surface area contributed by atoms with Crippen molar-refractivity contribution in [2.75, 3.05) is 20.1 Å². The van der Waals surface area contributed by atoms with Crippen molar-refractivity contribution in [2.45, 2.75) is 18.9 Å². The first-order chi connectivity index (χ1) is 6.81. The Morgan fingerprint density at radius 1 is 1.64 bits per heavy atom. The van der Waals surface area contributed by atoms with Crippen molar-refractivity contribution in [1.29, 1.82) is 5.26 Å². The maximum absolute atomic E-state index is 8.86. The van der Waals surface area contributed by atoms with Gasteiger partial charge in [0.05, 0.1) is 0 Å². The van der Waals surface area contributed by atoms with Crippen LogP contribution < -0.4 is 0 Å². The van der Waals surface area contributed by atoms with E-state index in [9.17, 15) is 0 Å². The first-order valence-electron chi connectivity index (χ1n) is 4.92. The Morgan fingerprint density at radius 2 is 2.50 bits per heavy atom. The van der Waals surface area contributed by atoms with Gasteiger partial charge in [0.25, 0.3) is 0 Å². The van der Waals surface area contributed by atoms with E-state index in [1.54, 1.807) is 6.20 Å². The molecule has 1 atom stereocenters. The molecule has 14 heavy (non-hydrogen) atoms. The van der Waals surface area contributed by atoms with E-state index in [2.05, 4.69) is 23.0 Å². The summed E-state index contributed by atoms with van der Waals surface area (Å²) in [4.78, 5) is 6.32. The van der Waals surface area contributed by atoms with Crippen LogP contribution in [0.5, 0.6) is 0 Å². The quantitative estimate of drug-likeness (QED) is 0.664. The molecule has 2 rings (SSSR count). The molecule has 0 bridgehead atoms. The molecule has 0 N–H and O–H groups in total. The maximum Gasteiger partial charge on any atom is 0.213 e. The molecule has 1 aliphatic rings. The van der Waals surface area contributed by atoms with Crippen molar-refractivity contribution in [2.24, 2.45) is 0 Å². The molecule has 1 unspecified atom stereocenters. The van der Waals surface area contributed by atoms with Gasteiger partial charge in [-0.15, -0.1) is 0 Å². The Kier molecular flexibility index (Phi) is 2.51. The number of nitriles is 1. The van der Waals surface area contributed by atoms with Crippen molar-refractivity contribution >= 4 is 0 Å². The third-order valence-electron chi connectivity index (χ3n) is 2.76. The zero-order valence-electron chi connectivity index (χ0n) is 8.35. The topological polar surface area (TPSA) is 44.9 Å². The van der Waals surface area contributed by atoms with E-state index in [0.29, 0.717) is 11.9 Å². The molecule has 1 aromatic heterocycles. The lowest BCUT2D eigenvalue weighted by Gasteiger charge is -2.30. The Hall–Kier alpha value is -1.34. The van der Waals surface area contributed by atoms with Crippen LogP contribution in [0.2, 0.25) is 0 Å². The second-order valence-corrected chi connectivity index (χ2v) is 3.83. The fourth-order valence-electron chi connectivity index (χ4n) is 2.06. The van der Waals surface area contributed by atoms with Crippen molar-refractivity contribution in [1.82, 2.24) is 14.5 Å². The van der Waals surface area contributed by atoms with Crippen LogP contribution in [0.4, 0.5) is 0 Å². The second-order valence-electron chi connectivity index (χ2n) is 3.83. The summed E-state index contributed by atoms with van der Waals surface area (Å²) < 4.78 is 2.00. The predicted octanol–water partition coefficient (Wildman–Crippen LogP) is 1.02. The molecule has 0 saturated carbocycles. The van der Waals surface area contributed by atoms with Gasteiger partial charge in [0, 0.05) is 25.0 Å². The van der Waals surface area contributed by atoms with Gasteiger partial charge in [-0.05, 0) is 26.4 Å². The van der Waals surface area contributed by atoms with E-state index in [-0.39, 0.29) is 0 Å². The van der Waals surface area contributed by atoms with Crippen molar-refractivity contribution in [3.05, 3.63) is 18.2 Å². The molecule has 0 amide bonds. The molecule has 1 fully saturated rings. The number of hydrogen-bond donors (Lipinski definition) is 0. The Balaban J connectivity index is 2.18. The first kappa shape index (κ1) is 9.22. The van der Waals surface area contributed by atoms with Crippen LogP contribution in [-0.2, 0) is 0 Å². The van der Waals surface area contributed by atoms with Gasteiger partial charge in [0.1, 0.15) is 6.07 Å². The summed E-state index contributed by atoms with van der Waals surface area (Å²) in [6.07, 6.45) is 5.95. The summed E-state index contributed by atoms with van der Waals surface area (Å²) in [6, 6.07) is 2.54. The van der Waals surface area contributed by atoms with Crippen LogP contribution in [0.25, 0.3) is 0 Å². The summed E-state index contributed by atoms with van der Waals surface area (Å²) in [6.45, 7) is 2.18. The van der Waals surface area contributed by atoms with Gasteiger partial charge in [-0.1, -0.05) is 0 Å². The third kappa shape index (κ3) is 1.64. The van der Waals surface area contributed by atoms with Crippen LogP contribution in [0.1, 0.15) is 24.7 Å². The maximum atomic E-state index is 8.86. The Bertz CT molecular complexity index is 349. The normalized spacial score (nSPS) is 23.3. The molecule has 1 saturated heterocycles. The molecule has 1 aliphatic heterocycles. The van der Waals surface area contributed by atoms with Gasteiger partial charge in [-0.2, -0.15) is 5.26 Å². The molecule has 4 heteroatoms. The summed E-state index contributed by atoms with van der Waals surface area (Å²) in [7, 11) is 2.12. The second kappa shape index (κ2) is 3.81. The smallest absolute Gasteiger partial charge is 0.213 e. The lowest BCUT2D eigenvalue weighted by atomic mass is 10.1. The minimum absolute atomic E-state index is 0.422. The fourth-order valence-corrected chi connectivity index (χ4v) is 2.06. The highest BCUT2D eigenvalue weighted by atomic mass is 15.2. The molecule has 0 spiro atoms. The predicted molar refractivity (Wildman–Crippen MR) is 52.7 cm³/mol. The van der Waals surface area contributed by atoms with Crippen molar-refractivity contribution in [3.63, 3.8) is 0 Å². The molecule has 4 nitrogen and oxygen atoms in total. The summed E-state index contributed by atoms with van der Waals surface area (Å²) >= 11 is 0. The molecular weight excluding hydrogens is 176 g/mol. The highest BCUT2D eigenvalue weighted by molar-refractivity contribution is 5.12. The fraction of sp³-hybridized carbons (Fsp3) is 0.600. The van der Waals surface area contributed by atoms with E-state index in [0.717, 1.165) is 19.5 Å². The number of hydrogen-bond acceptors (Lipinski definition) is 3. The lowest BCUT2D eigenvalue weighted by molar-refractivity contribution is 0.211. The Labute approximate surface area is 83.8 Å². The lowest BCUT2D eigenvalue weighted by Crippen LogP contribution is -2.33. The third-order valence-corrected chi connectivity index (χ3v) is 2.76. The number of nitrogens with zero attached hydrogens (tertiary/aromatic N) is 4. The average Bonchev–Trinajstić information content (AvgIpc) is 2.65. The minimum Gasteiger partial charge on any atom is -0.318 e. The molecule has 0 aromatic carbocycles. The number of aromatic nitrogens is 2. The first-order valence-corrected chi connectivity index (χ1v) is 4.92. The average molecular weight is 190 g/mol. The molecule has 74 valence electrons. The van der Waals surface area contributed by atoms with Crippen LogP contribution in [0.3, 0.4) is 0 Å². The van der Waals surface area contributed by atoms with Gasteiger partial charge in [0.2, 0.25) is 5.82 Å². The van der Waals surface area contributed by atoms with E-state index in [4.69, 9.17) is 5.26 Å². The van der Waals surface area contributed by atoms with E-state index < -0.39 is 0 Å². The van der Waals surface area contributed by atoms with E-state index in [1.165, 1.54) is 6.42 Å². The van der Waals surface area contributed by atoms with Gasteiger partial charge in [-0.3, -0.25) is 0 Å². The summed E-state index contributed by atoms with van der Waals surface area (Å²) in [5.74, 6) is 0.533. The monoisotopic (exact) mass is 190 g/mol.